The van der Waals surface area contributed by atoms with Gasteiger partial charge in [0.05, 0.1) is 24.4 Å². The Morgan fingerprint density at radius 2 is 1.66 bits per heavy atom. The molecule has 4 rings (SSSR count). The second kappa shape index (κ2) is 9.92. The van der Waals surface area contributed by atoms with Crippen LogP contribution in [0.3, 0.4) is 0 Å². The molecule has 4 aromatic rings. The molecular formula is C26H23FN4O. The molecule has 0 aliphatic rings. The lowest BCUT2D eigenvalue weighted by atomic mass is 10.1. The van der Waals surface area contributed by atoms with Crippen LogP contribution in [0.1, 0.15) is 22.6 Å². The highest BCUT2D eigenvalue weighted by molar-refractivity contribution is 5.79. The van der Waals surface area contributed by atoms with Gasteiger partial charge in [0.2, 0.25) is 5.91 Å². The molecule has 5 nitrogen and oxygen atoms in total. The van der Waals surface area contributed by atoms with Gasteiger partial charge in [-0.3, -0.25) is 9.78 Å². The Bertz CT molecular complexity index is 1200. The molecule has 2 heterocycles. The Labute approximate surface area is 186 Å². The summed E-state index contributed by atoms with van der Waals surface area (Å²) in [4.78, 5) is 28.4. The standard InChI is InChI=1S/C26H23FN4O/c1-19-29-16-22(24-13-7-8-14-28-24)25(30-19)18-31(17-20-9-3-2-4-10-20)26(32)15-21-11-5-6-12-23(21)27/h2-14,16H,15,17-18H2,1H3. The van der Waals surface area contributed by atoms with E-state index in [2.05, 4.69) is 15.0 Å². The van der Waals surface area contributed by atoms with Gasteiger partial charge < -0.3 is 4.90 Å². The number of carbonyl (C=O) groups excluding carboxylic acids is 1. The van der Waals surface area contributed by atoms with Crippen molar-refractivity contribution >= 4 is 5.91 Å². The van der Waals surface area contributed by atoms with E-state index in [0.717, 1.165) is 16.8 Å². The van der Waals surface area contributed by atoms with Crippen LogP contribution in [0.4, 0.5) is 4.39 Å². The number of aromatic nitrogens is 3. The van der Waals surface area contributed by atoms with E-state index in [4.69, 9.17) is 0 Å². The molecule has 0 spiro atoms. The fraction of sp³-hybridized carbons (Fsp3) is 0.154. The van der Waals surface area contributed by atoms with Crippen molar-refractivity contribution in [2.45, 2.75) is 26.4 Å². The highest BCUT2D eigenvalue weighted by Crippen LogP contribution is 2.22. The molecule has 0 N–H and O–H groups in total. The molecule has 0 saturated heterocycles. The predicted molar refractivity (Wildman–Crippen MR) is 121 cm³/mol. The molecule has 2 aromatic carbocycles. The molecule has 0 atom stereocenters. The fourth-order valence-electron chi connectivity index (χ4n) is 3.51. The first-order valence-corrected chi connectivity index (χ1v) is 10.4. The van der Waals surface area contributed by atoms with Crippen LogP contribution in [0.5, 0.6) is 0 Å². The molecule has 160 valence electrons. The van der Waals surface area contributed by atoms with Crippen LogP contribution in [0.25, 0.3) is 11.3 Å². The lowest BCUT2D eigenvalue weighted by Crippen LogP contribution is -2.32. The number of nitrogens with zero attached hydrogens (tertiary/aromatic N) is 4. The Hall–Kier alpha value is -3.93. The maximum Gasteiger partial charge on any atom is 0.227 e. The van der Waals surface area contributed by atoms with Gasteiger partial charge in [-0.05, 0) is 36.2 Å². The number of carbonyl (C=O) groups is 1. The van der Waals surface area contributed by atoms with E-state index < -0.39 is 0 Å². The smallest absolute Gasteiger partial charge is 0.227 e. The monoisotopic (exact) mass is 426 g/mol. The first kappa shape index (κ1) is 21.3. The van der Waals surface area contributed by atoms with Crippen molar-refractivity contribution in [2.75, 3.05) is 0 Å². The number of benzene rings is 2. The minimum atomic E-state index is -0.382. The third-order valence-electron chi connectivity index (χ3n) is 5.14. The van der Waals surface area contributed by atoms with Crippen LogP contribution in [-0.4, -0.2) is 25.8 Å². The van der Waals surface area contributed by atoms with E-state index in [9.17, 15) is 9.18 Å². The molecule has 2 aromatic heterocycles. The zero-order valence-corrected chi connectivity index (χ0v) is 17.8. The molecule has 6 heteroatoms. The van der Waals surface area contributed by atoms with Crippen LogP contribution in [0.2, 0.25) is 0 Å². The second-order valence-corrected chi connectivity index (χ2v) is 7.50. The molecule has 0 unspecified atom stereocenters. The number of aryl methyl sites for hydroxylation is 1. The van der Waals surface area contributed by atoms with E-state index in [1.807, 2.05) is 55.5 Å². The Kier molecular flexibility index (Phi) is 6.60. The molecule has 0 fully saturated rings. The van der Waals surface area contributed by atoms with Crippen molar-refractivity contribution in [1.82, 2.24) is 19.9 Å². The molecule has 0 bridgehead atoms. The number of rotatable bonds is 7. The SMILES string of the molecule is Cc1ncc(-c2ccccn2)c(CN(Cc2ccccc2)C(=O)Cc2ccccc2F)n1. The maximum atomic E-state index is 14.2. The lowest BCUT2D eigenvalue weighted by Gasteiger charge is -2.24. The van der Waals surface area contributed by atoms with Gasteiger partial charge in [0.25, 0.3) is 0 Å². The van der Waals surface area contributed by atoms with E-state index in [1.165, 1.54) is 6.07 Å². The summed E-state index contributed by atoms with van der Waals surface area (Å²) in [5.74, 6) is 0.0515. The number of hydrogen-bond acceptors (Lipinski definition) is 4. The second-order valence-electron chi connectivity index (χ2n) is 7.50. The first-order valence-electron chi connectivity index (χ1n) is 10.4. The quantitative estimate of drug-likeness (QED) is 0.428. The fourth-order valence-corrected chi connectivity index (χ4v) is 3.51. The summed E-state index contributed by atoms with van der Waals surface area (Å²) in [6.07, 6.45) is 3.43. The van der Waals surface area contributed by atoms with Gasteiger partial charge in [-0.1, -0.05) is 54.6 Å². The maximum absolute atomic E-state index is 14.2. The third-order valence-corrected chi connectivity index (χ3v) is 5.14. The van der Waals surface area contributed by atoms with Crippen LogP contribution in [0, 0.1) is 12.7 Å². The van der Waals surface area contributed by atoms with Crippen molar-refractivity contribution in [3.63, 3.8) is 0 Å². The highest BCUT2D eigenvalue weighted by atomic mass is 19.1. The van der Waals surface area contributed by atoms with E-state index in [-0.39, 0.29) is 24.7 Å². The minimum Gasteiger partial charge on any atom is -0.332 e. The zero-order valence-electron chi connectivity index (χ0n) is 17.8. The van der Waals surface area contributed by atoms with Crippen molar-refractivity contribution in [3.8, 4) is 11.3 Å². The molecule has 0 saturated carbocycles. The molecule has 0 aliphatic carbocycles. The third kappa shape index (κ3) is 5.21. The zero-order chi connectivity index (χ0) is 22.3. The summed E-state index contributed by atoms with van der Waals surface area (Å²) in [5, 5.41) is 0. The van der Waals surface area contributed by atoms with E-state index in [0.29, 0.717) is 23.6 Å². The Morgan fingerprint density at radius 3 is 2.41 bits per heavy atom. The summed E-state index contributed by atoms with van der Waals surface area (Å²) in [5.41, 5.74) is 3.57. The van der Waals surface area contributed by atoms with Crippen molar-refractivity contribution in [2.24, 2.45) is 0 Å². The summed E-state index contributed by atoms with van der Waals surface area (Å²) < 4.78 is 14.2. The first-order chi connectivity index (χ1) is 15.6. The van der Waals surface area contributed by atoms with E-state index in [1.54, 1.807) is 35.5 Å². The minimum absolute atomic E-state index is 0.0253. The van der Waals surface area contributed by atoms with Gasteiger partial charge in [-0.15, -0.1) is 0 Å². The summed E-state index contributed by atoms with van der Waals surface area (Å²) >= 11 is 0. The molecule has 32 heavy (non-hydrogen) atoms. The van der Waals surface area contributed by atoms with Crippen molar-refractivity contribution < 1.29 is 9.18 Å². The van der Waals surface area contributed by atoms with Gasteiger partial charge in [0.1, 0.15) is 11.6 Å². The van der Waals surface area contributed by atoms with Gasteiger partial charge in [0.15, 0.2) is 0 Å². The predicted octanol–water partition coefficient (Wildman–Crippen LogP) is 4.76. The lowest BCUT2D eigenvalue weighted by molar-refractivity contribution is -0.131. The van der Waals surface area contributed by atoms with Gasteiger partial charge in [0, 0.05) is 24.5 Å². The molecular weight excluding hydrogens is 403 g/mol. The largest absolute Gasteiger partial charge is 0.332 e. The normalized spacial score (nSPS) is 10.7. The van der Waals surface area contributed by atoms with Gasteiger partial charge in [-0.2, -0.15) is 0 Å². The average Bonchev–Trinajstić information content (AvgIpc) is 2.81. The summed E-state index contributed by atoms with van der Waals surface area (Å²) in [6.45, 7) is 2.46. The Balaban J connectivity index is 1.67. The van der Waals surface area contributed by atoms with Crippen LogP contribution in [-0.2, 0) is 24.3 Å². The summed E-state index contributed by atoms with van der Waals surface area (Å²) in [7, 11) is 0. The Morgan fingerprint density at radius 1 is 0.906 bits per heavy atom. The van der Waals surface area contributed by atoms with Crippen molar-refractivity contribution in [3.05, 3.63) is 114 Å². The topological polar surface area (TPSA) is 59.0 Å². The van der Waals surface area contributed by atoms with Crippen LogP contribution >= 0.6 is 0 Å². The van der Waals surface area contributed by atoms with Crippen molar-refractivity contribution in [1.29, 1.82) is 0 Å². The number of halogens is 1. The van der Waals surface area contributed by atoms with Gasteiger partial charge >= 0.3 is 0 Å². The number of pyridine rings is 1. The van der Waals surface area contributed by atoms with Crippen LogP contribution < -0.4 is 0 Å². The van der Waals surface area contributed by atoms with Crippen LogP contribution in [0.15, 0.2) is 85.2 Å². The highest BCUT2D eigenvalue weighted by Gasteiger charge is 2.20. The number of hydrogen-bond donors (Lipinski definition) is 0. The summed E-state index contributed by atoms with van der Waals surface area (Å²) in [6, 6.07) is 21.7. The van der Waals surface area contributed by atoms with Gasteiger partial charge in [-0.25, -0.2) is 14.4 Å². The molecule has 0 aliphatic heterocycles. The number of amides is 1. The molecule has 1 amide bonds. The molecule has 0 radical (unpaired) electrons. The average molecular weight is 426 g/mol. The van der Waals surface area contributed by atoms with E-state index >= 15 is 0 Å².